The van der Waals surface area contributed by atoms with Gasteiger partial charge in [-0.25, -0.2) is 14.0 Å². The van der Waals surface area contributed by atoms with Crippen LogP contribution in [-0.2, 0) is 4.79 Å². The molecule has 0 spiro atoms. The highest BCUT2D eigenvalue weighted by molar-refractivity contribution is 8.00. The van der Waals surface area contributed by atoms with Crippen molar-refractivity contribution in [3.05, 3.63) is 29.6 Å². The van der Waals surface area contributed by atoms with E-state index in [1.54, 1.807) is 13.8 Å². The highest BCUT2D eigenvalue weighted by Gasteiger charge is 2.39. The number of aryl methyl sites for hydroxylation is 1. The summed E-state index contributed by atoms with van der Waals surface area (Å²) in [5.74, 6) is -1.00. The molecule has 1 saturated heterocycles. The van der Waals surface area contributed by atoms with Crippen molar-refractivity contribution in [2.75, 3.05) is 11.1 Å². The number of urea groups is 1. The van der Waals surface area contributed by atoms with Gasteiger partial charge in [0.15, 0.2) is 0 Å². The van der Waals surface area contributed by atoms with Crippen LogP contribution in [0.1, 0.15) is 12.5 Å². The van der Waals surface area contributed by atoms with Gasteiger partial charge in [0.25, 0.3) is 0 Å². The second-order valence-corrected chi connectivity index (χ2v) is 5.94. The zero-order valence-electron chi connectivity index (χ0n) is 11.1. The van der Waals surface area contributed by atoms with Crippen LogP contribution in [0.4, 0.5) is 14.9 Å². The van der Waals surface area contributed by atoms with E-state index in [0.29, 0.717) is 17.0 Å². The van der Waals surface area contributed by atoms with Gasteiger partial charge in [0.05, 0.1) is 5.37 Å². The summed E-state index contributed by atoms with van der Waals surface area (Å²) in [4.78, 5) is 24.6. The molecular weight excluding hydrogens is 283 g/mol. The van der Waals surface area contributed by atoms with E-state index in [2.05, 4.69) is 5.32 Å². The molecule has 2 atom stereocenters. The number of nitrogens with zero attached hydrogens (tertiary/aromatic N) is 1. The van der Waals surface area contributed by atoms with Gasteiger partial charge in [-0.2, -0.15) is 0 Å². The average molecular weight is 298 g/mol. The Kier molecular flexibility index (Phi) is 4.17. The summed E-state index contributed by atoms with van der Waals surface area (Å²) in [6.45, 7) is 3.38. The number of halogens is 1. The molecule has 0 bridgehead atoms. The van der Waals surface area contributed by atoms with Crippen LogP contribution in [0.15, 0.2) is 18.2 Å². The van der Waals surface area contributed by atoms with E-state index in [4.69, 9.17) is 5.11 Å². The van der Waals surface area contributed by atoms with Gasteiger partial charge in [0.2, 0.25) is 0 Å². The maximum Gasteiger partial charge on any atom is 0.327 e. The predicted octanol–water partition coefficient (Wildman–Crippen LogP) is 2.51. The third-order valence-corrected chi connectivity index (χ3v) is 4.37. The minimum Gasteiger partial charge on any atom is -0.480 e. The third-order valence-electron chi connectivity index (χ3n) is 3.15. The van der Waals surface area contributed by atoms with Gasteiger partial charge in [-0.1, -0.05) is 0 Å². The van der Waals surface area contributed by atoms with Gasteiger partial charge < -0.3 is 10.4 Å². The number of benzene rings is 1. The van der Waals surface area contributed by atoms with E-state index in [1.165, 1.54) is 34.9 Å². The van der Waals surface area contributed by atoms with Gasteiger partial charge in [0, 0.05) is 11.4 Å². The van der Waals surface area contributed by atoms with Gasteiger partial charge in [-0.05, 0) is 37.6 Å². The van der Waals surface area contributed by atoms with Gasteiger partial charge in [-0.3, -0.25) is 4.90 Å². The highest BCUT2D eigenvalue weighted by atomic mass is 32.2. The molecule has 0 aromatic heterocycles. The number of carboxylic acid groups (broad SMARTS) is 1. The highest BCUT2D eigenvalue weighted by Crippen LogP contribution is 2.29. The molecule has 2 rings (SSSR count). The summed E-state index contributed by atoms with van der Waals surface area (Å²) < 4.78 is 13.2. The Morgan fingerprint density at radius 2 is 2.20 bits per heavy atom. The van der Waals surface area contributed by atoms with Crippen LogP contribution in [0, 0.1) is 12.7 Å². The number of nitrogens with one attached hydrogen (secondary N) is 1. The average Bonchev–Trinajstić information content (AvgIpc) is 2.76. The molecule has 0 radical (unpaired) electrons. The number of carbonyl (C=O) groups excluding carboxylic acids is 1. The van der Waals surface area contributed by atoms with Crippen molar-refractivity contribution in [2.45, 2.75) is 25.3 Å². The lowest BCUT2D eigenvalue weighted by molar-refractivity contribution is -0.141. The fraction of sp³-hybridized carbons (Fsp3) is 0.385. The second kappa shape index (κ2) is 5.70. The molecule has 1 aliphatic rings. The molecule has 1 heterocycles. The molecule has 20 heavy (non-hydrogen) atoms. The van der Waals surface area contributed by atoms with Crippen molar-refractivity contribution in [1.82, 2.24) is 4.90 Å². The van der Waals surface area contributed by atoms with Crippen molar-refractivity contribution in [3.8, 4) is 0 Å². The Balaban J connectivity index is 2.14. The molecule has 0 saturated carbocycles. The lowest BCUT2D eigenvalue weighted by atomic mass is 10.2. The number of hydrogen-bond donors (Lipinski definition) is 2. The Morgan fingerprint density at radius 3 is 2.80 bits per heavy atom. The van der Waals surface area contributed by atoms with Crippen molar-refractivity contribution >= 4 is 29.4 Å². The molecule has 1 aromatic carbocycles. The van der Waals surface area contributed by atoms with Gasteiger partial charge in [0.1, 0.15) is 11.9 Å². The van der Waals surface area contributed by atoms with Crippen molar-refractivity contribution in [2.24, 2.45) is 0 Å². The monoisotopic (exact) mass is 298 g/mol. The largest absolute Gasteiger partial charge is 0.480 e. The third kappa shape index (κ3) is 2.87. The molecule has 0 aliphatic carbocycles. The number of carboxylic acids is 1. The summed E-state index contributed by atoms with van der Waals surface area (Å²) in [7, 11) is 0. The van der Waals surface area contributed by atoms with Crippen LogP contribution in [0.5, 0.6) is 0 Å². The van der Waals surface area contributed by atoms with E-state index in [-0.39, 0.29) is 11.2 Å². The predicted molar refractivity (Wildman–Crippen MR) is 75.3 cm³/mol. The SMILES string of the molecule is Cc1cc(NC(=O)N2C(C)SCC2C(=O)O)ccc1F. The van der Waals surface area contributed by atoms with Crippen LogP contribution in [0.3, 0.4) is 0 Å². The Bertz CT molecular complexity index is 552. The van der Waals surface area contributed by atoms with Gasteiger partial charge >= 0.3 is 12.0 Å². The van der Waals surface area contributed by atoms with Gasteiger partial charge in [-0.15, -0.1) is 11.8 Å². The number of thioether (sulfide) groups is 1. The second-order valence-electron chi connectivity index (χ2n) is 4.59. The van der Waals surface area contributed by atoms with Crippen molar-refractivity contribution in [3.63, 3.8) is 0 Å². The molecule has 7 heteroatoms. The smallest absolute Gasteiger partial charge is 0.327 e. The summed E-state index contributed by atoms with van der Waals surface area (Å²) >= 11 is 1.41. The first kappa shape index (κ1) is 14.6. The first-order valence-corrected chi connectivity index (χ1v) is 7.15. The zero-order chi connectivity index (χ0) is 14.9. The van der Waals surface area contributed by atoms with E-state index in [9.17, 15) is 14.0 Å². The Morgan fingerprint density at radius 1 is 1.50 bits per heavy atom. The maximum absolute atomic E-state index is 13.2. The molecule has 1 aromatic rings. The topological polar surface area (TPSA) is 69.6 Å². The van der Waals surface area contributed by atoms with Crippen LogP contribution in [0.2, 0.25) is 0 Å². The molecule has 5 nitrogen and oxygen atoms in total. The Hall–Kier alpha value is -1.76. The first-order valence-electron chi connectivity index (χ1n) is 6.10. The van der Waals surface area contributed by atoms with E-state index in [1.807, 2.05) is 0 Å². The number of amides is 2. The standard InChI is InChI=1S/C13H15FN2O3S/c1-7-5-9(3-4-10(7)14)15-13(19)16-8(2)20-6-11(16)12(17)18/h3-5,8,11H,6H2,1-2H3,(H,15,19)(H,17,18). The van der Waals surface area contributed by atoms with E-state index in [0.717, 1.165) is 0 Å². The van der Waals surface area contributed by atoms with Crippen LogP contribution in [-0.4, -0.2) is 39.2 Å². The minimum atomic E-state index is -1.02. The molecule has 1 aliphatic heterocycles. The Labute approximate surface area is 120 Å². The summed E-state index contributed by atoms with van der Waals surface area (Å²) in [6.07, 6.45) is 0. The number of anilines is 1. The molecule has 2 amide bonds. The number of aliphatic carboxylic acids is 1. The normalized spacial score (nSPS) is 21.9. The van der Waals surface area contributed by atoms with E-state index < -0.39 is 18.0 Å². The number of carbonyl (C=O) groups is 2. The molecule has 2 unspecified atom stereocenters. The fourth-order valence-corrected chi connectivity index (χ4v) is 3.22. The van der Waals surface area contributed by atoms with Crippen molar-refractivity contribution in [1.29, 1.82) is 0 Å². The van der Waals surface area contributed by atoms with Crippen molar-refractivity contribution < 1.29 is 19.1 Å². The molecule has 108 valence electrons. The maximum atomic E-state index is 13.2. The molecule has 1 fully saturated rings. The number of hydrogen-bond acceptors (Lipinski definition) is 3. The van der Waals surface area contributed by atoms with Crippen LogP contribution in [0.25, 0.3) is 0 Å². The van der Waals surface area contributed by atoms with E-state index >= 15 is 0 Å². The summed E-state index contributed by atoms with van der Waals surface area (Å²) in [5, 5.41) is 11.5. The molecular formula is C13H15FN2O3S. The zero-order valence-corrected chi connectivity index (χ0v) is 11.9. The lowest BCUT2D eigenvalue weighted by Gasteiger charge is -2.25. The van der Waals surface area contributed by atoms with Crippen LogP contribution < -0.4 is 5.32 Å². The molecule has 2 N–H and O–H groups in total. The lowest BCUT2D eigenvalue weighted by Crippen LogP contribution is -2.46. The quantitative estimate of drug-likeness (QED) is 0.880. The fourth-order valence-electron chi connectivity index (χ4n) is 2.05. The number of rotatable bonds is 2. The minimum absolute atomic E-state index is 0.211. The van der Waals surface area contributed by atoms with Crippen LogP contribution >= 0.6 is 11.8 Å². The summed E-state index contributed by atoms with van der Waals surface area (Å²) in [5.41, 5.74) is 0.864. The first-order chi connectivity index (χ1) is 9.40. The summed E-state index contributed by atoms with van der Waals surface area (Å²) in [6, 6.07) is 2.90.